The summed E-state index contributed by atoms with van der Waals surface area (Å²) in [6, 6.07) is 1.94. The van der Waals surface area contributed by atoms with Gasteiger partial charge in [-0.25, -0.2) is 5.84 Å². The molecule has 0 spiro atoms. The van der Waals surface area contributed by atoms with E-state index in [1.54, 1.807) is 18.0 Å². The Morgan fingerprint density at radius 2 is 2.47 bits per heavy atom. The number of carbonyl (C=O) groups excluding carboxylic acids is 1. The van der Waals surface area contributed by atoms with E-state index in [-0.39, 0.29) is 11.2 Å². The van der Waals surface area contributed by atoms with Crippen LogP contribution in [0.4, 0.5) is 0 Å². The normalized spacial score (nSPS) is 12.5. The van der Waals surface area contributed by atoms with Crippen LogP contribution in [0.5, 0.6) is 0 Å². The van der Waals surface area contributed by atoms with Crippen LogP contribution in [0, 0.1) is 6.92 Å². The number of hydrogen-bond acceptors (Lipinski definition) is 4. The van der Waals surface area contributed by atoms with E-state index in [1.165, 1.54) is 0 Å². The number of thioether (sulfide) groups is 1. The summed E-state index contributed by atoms with van der Waals surface area (Å²) in [5.41, 5.74) is 3.28. The minimum absolute atomic E-state index is 0.133. The first-order valence-corrected chi connectivity index (χ1v) is 5.82. The molecule has 5 heteroatoms. The third-order valence-electron chi connectivity index (χ3n) is 2.10. The Hall–Kier alpha value is -0.940. The lowest BCUT2D eigenvalue weighted by atomic mass is 10.3. The molecule has 84 valence electrons. The van der Waals surface area contributed by atoms with E-state index in [0.717, 1.165) is 17.1 Å². The van der Waals surface area contributed by atoms with Gasteiger partial charge >= 0.3 is 0 Å². The highest BCUT2D eigenvalue weighted by Crippen LogP contribution is 2.22. The third kappa shape index (κ3) is 3.97. The fourth-order valence-corrected chi connectivity index (χ4v) is 2.15. The largest absolute Gasteiger partial charge is 0.468 e. The van der Waals surface area contributed by atoms with E-state index >= 15 is 0 Å². The number of nitrogens with two attached hydrogens (primary N) is 1. The number of aryl methyl sites for hydroxylation is 1. The quantitative estimate of drug-likeness (QED) is 0.456. The number of amides is 1. The van der Waals surface area contributed by atoms with Gasteiger partial charge in [-0.2, -0.15) is 11.8 Å². The highest BCUT2D eigenvalue weighted by molar-refractivity contribution is 7.99. The predicted molar refractivity (Wildman–Crippen MR) is 61.1 cm³/mol. The van der Waals surface area contributed by atoms with Crippen molar-refractivity contribution < 1.29 is 9.21 Å². The van der Waals surface area contributed by atoms with Crippen molar-refractivity contribution in [1.29, 1.82) is 0 Å². The molecule has 1 aromatic rings. The molecule has 1 atom stereocenters. The lowest BCUT2D eigenvalue weighted by molar-refractivity contribution is -0.121. The van der Waals surface area contributed by atoms with Gasteiger partial charge in [-0.1, -0.05) is 6.92 Å². The Morgan fingerprint density at radius 1 is 1.73 bits per heavy atom. The van der Waals surface area contributed by atoms with Crippen molar-refractivity contribution in [3.63, 3.8) is 0 Å². The summed E-state index contributed by atoms with van der Waals surface area (Å²) in [5.74, 6) is 6.64. The van der Waals surface area contributed by atoms with Gasteiger partial charge in [0.2, 0.25) is 5.91 Å². The van der Waals surface area contributed by atoms with Crippen LogP contribution < -0.4 is 11.3 Å². The van der Waals surface area contributed by atoms with Crippen molar-refractivity contribution in [1.82, 2.24) is 5.43 Å². The van der Waals surface area contributed by atoms with Gasteiger partial charge in [0.15, 0.2) is 0 Å². The van der Waals surface area contributed by atoms with Crippen LogP contribution in [0.3, 0.4) is 0 Å². The number of hydrazine groups is 1. The first-order valence-electron chi connectivity index (χ1n) is 4.77. The van der Waals surface area contributed by atoms with Crippen LogP contribution in [0.1, 0.15) is 24.7 Å². The van der Waals surface area contributed by atoms with Crippen LogP contribution in [0.2, 0.25) is 0 Å². The van der Waals surface area contributed by atoms with Crippen LogP contribution in [0.25, 0.3) is 0 Å². The summed E-state index contributed by atoms with van der Waals surface area (Å²) < 4.78 is 5.30. The average Bonchev–Trinajstić information content (AvgIpc) is 2.61. The maximum absolute atomic E-state index is 11.0. The summed E-state index contributed by atoms with van der Waals surface area (Å²) >= 11 is 1.68. The summed E-state index contributed by atoms with van der Waals surface area (Å²) in [5, 5.41) is 0.234. The van der Waals surface area contributed by atoms with Gasteiger partial charge in [0.1, 0.15) is 5.76 Å². The van der Waals surface area contributed by atoms with Gasteiger partial charge in [-0.05, 0) is 18.6 Å². The second-order valence-electron chi connectivity index (χ2n) is 3.42. The minimum atomic E-state index is -0.133. The Bertz CT molecular complexity index is 325. The van der Waals surface area contributed by atoms with Crippen molar-refractivity contribution in [3.05, 3.63) is 23.7 Å². The van der Waals surface area contributed by atoms with Gasteiger partial charge in [0.25, 0.3) is 0 Å². The van der Waals surface area contributed by atoms with Gasteiger partial charge in [-0.15, -0.1) is 0 Å². The van der Waals surface area contributed by atoms with Crippen LogP contribution in [-0.2, 0) is 10.5 Å². The maximum atomic E-state index is 11.0. The summed E-state index contributed by atoms with van der Waals surface area (Å²) in [6.45, 7) is 4.01. The number of hydrogen-bond donors (Lipinski definition) is 2. The van der Waals surface area contributed by atoms with Crippen molar-refractivity contribution in [3.8, 4) is 0 Å². The molecule has 0 aliphatic carbocycles. The first-order chi connectivity index (χ1) is 7.13. The molecular formula is C10H16N2O2S. The number of carbonyl (C=O) groups is 1. The molecule has 0 bridgehead atoms. The molecule has 0 saturated carbocycles. The predicted octanol–water partition coefficient (Wildman–Crippen LogP) is 1.59. The highest BCUT2D eigenvalue weighted by atomic mass is 32.2. The van der Waals surface area contributed by atoms with E-state index in [1.807, 2.05) is 19.9 Å². The fourth-order valence-electron chi connectivity index (χ4n) is 1.15. The number of rotatable bonds is 5. The van der Waals surface area contributed by atoms with Gasteiger partial charge in [0, 0.05) is 11.7 Å². The second-order valence-corrected chi connectivity index (χ2v) is 4.85. The zero-order chi connectivity index (χ0) is 11.3. The molecule has 0 aromatic carbocycles. The SMILES string of the molecule is Cc1ccoc1CSC(C)CC(=O)NN. The molecule has 1 aromatic heterocycles. The van der Waals surface area contributed by atoms with Gasteiger partial charge < -0.3 is 4.42 Å². The van der Waals surface area contributed by atoms with E-state index in [2.05, 4.69) is 5.43 Å². The molecule has 4 nitrogen and oxygen atoms in total. The fraction of sp³-hybridized carbons (Fsp3) is 0.500. The van der Waals surface area contributed by atoms with Gasteiger partial charge in [-0.3, -0.25) is 10.2 Å². The molecule has 1 unspecified atom stereocenters. The lowest BCUT2D eigenvalue weighted by Crippen LogP contribution is -2.31. The molecule has 0 aliphatic heterocycles. The van der Waals surface area contributed by atoms with E-state index in [4.69, 9.17) is 10.3 Å². The van der Waals surface area contributed by atoms with Crippen molar-refractivity contribution in [2.24, 2.45) is 5.84 Å². The summed E-state index contributed by atoms with van der Waals surface area (Å²) in [4.78, 5) is 11.0. The average molecular weight is 228 g/mol. The monoisotopic (exact) mass is 228 g/mol. The van der Waals surface area contributed by atoms with Crippen LogP contribution in [0.15, 0.2) is 16.7 Å². The molecule has 0 fully saturated rings. The molecule has 1 heterocycles. The van der Waals surface area contributed by atoms with E-state index in [9.17, 15) is 4.79 Å². The molecule has 3 N–H and O–H groups in total. The van der Waals surface area contributed by atoms with Gasteiger partial charge in [0.05, 0.1) is 12.0 Å². The number of nitrogens with one attached hydrogen (secondary N) is 1. The van der Waals surface area contributed by atoms with Crippen molar-refractivity contribution in [2.45, 2.75) is 31.3 Å². The maximum Gasteiger partial charge on any atom is 0.234 e. The zero-order valence-corrected chi connectivity index (χ0v) is 9.76. The Labute approximate surface area is 93.6 Å². The Kier molecular flexibility index (Phi) is 4.71. The van der Waals surface area contributed by atoms with Crippen LogP contribution in [-0.4, -0.2) is 11.2 Å². The smallest absolute Gasteiger partial charge is 0.234 e. The molecule has 15 heavy (non-hydrogen) atoms. The highest BCUT2D eigenvalue weighted by Gasteiger charge is 2.10. The molecule has 0 saturated heterocycles. The third-order valence-corrected chi connectivity index (χ3v) is 3.27. The lowest BCUT2D eigenvalue weighted by Gasteiger charge is -2.08. The number of furan rings is 1. The second kappa shape index (κ2) is 5.82. The molecule has 0 radical (unpaired) electrons. The Morgan fingerprint density at radius 3 is 3.00 bits per heavy atom. The minimum Gasteiger partial charge on any atom is -0.468 e. The molecule has 0 aliphatic rings. The summed E-state index contributed by atoms with van der Waals surface area (Å²) in [6.07, 6.45) is 2.11. The Balaban J connectivity index is 2.31. The first kappa shape index (κ1) is 12.1. The summed E-state index contributed by atoms with van der Waals surface area (Å²) in [7, 11) is 0. The topological polar surface area (TPSA) is 68.3 Å². The van der Waals surface area contributed by atoms with Crippen molar-refractivity contribution >= 4 is 17.7 Å². The standard InChI is InChI=1S/C10H16N2O2S/c1-7-3-4-14-9(7)6-15-8(2)5-10(13)12-11/h3-4,8H,5-6,11H2,1-2H3,(H,12,13). The van der Waals surface area contributed by atoms with Crippen LogP contribution >= 0.6 is 11.8 Å². The van der Waals surface area contributed by atoms with E-state index < -0.39 is 0 Å². The zero-order valence-electron chi connectivity index (χ0n) is 8.95. The molecule has 1 amide bonds. The van der Waals surface area contributed by atoms with E-state index in [0.29, 0.717) is 6.42 Å². The van der Waals surface area contributed by atoms with Crippen molar-refractivity contribution in [2.75, 3.05) is 0 Å². The molecular weight excluding hydrogens is 212 g/mol. The molecule has 1 rings (SSSR count).